The summed E-state index contributed by atoms with van der Waals surface area (Å²) >= 11 is 0. The molecule has 1 aromatic heterocycles. The SMILES string of the molecule is COCCOCCCNc1ccnc(C(=O)OC)n1. The highest BCUT2D eigenvalue weighted by Crippen LogP contribution is 2.02. The summed E-state index contributed by atoms with van der Waals surface area (Å²) in [7, 11) is 2.93. The quantitative estimate of drug-likeness (QED) is 0.522. The number of carbonyl (C=O) groups excluding carboxylic acids is 1. The molecular formula is C12H19N3O4. The highest BCUT2D eigenvalue weighted by Gasteiger charge is 2.08. The van der Waals surface area contributed by atoms with Crippen LogP contribution in [0.25, 0.3) is 0 Å². The van der Waals surface area contributed by atoms with Crippen molar-refractivity contribution >= 4 is 11.8 Å². The number of esters is 1. The van der Waals surface area contributed by atoms with E-state index < -0.39 is 5.97 Å². The predicted octanol–water partition coefficient (Wildman–Crippen LogP) is 0.728. The fraction of sp³-hybridized carbons (Fsp3) is 0.583. The summed E-state index contributed by atoms with van der Waals surface area (Å²) in [4.78, 5) is 19.1. The molecular weight excluding hydrogens is 250 g/mol. The summed E-state index contributed by atoms with van der Waals surface area (Å²) in [6.45, 7) is 2.54. The van der Waals surface area contributed by atoms with Crippen LogP contribution in [0.2, 0.25) is 0 Å². The average molecular weight is 269 g/mol. The van der Waals surface area contributed by atoms with Gasteiger partial charge in [0.05, 0.1) is 20.3 Å². The molecule has 0 saturated heterocycles. The lowest BCUT2D eigenvalue weighted by Gasteiger charge is -2.06. The molecule has 0 spiro atoms. The van der Waals surface area contributed by atoms with Gasteiger partial charge in [-0.05, 0) is 12.5 Å². The molecule has 106 valence electrons. The number of anilines is 1. The number of hydrogen-bond acceptors (Lipinski definition) is 7. The van der Waals surface area contributed by atoms with Crippen LogP contribution in [-0.4, -0.2) is 56.5 Å². The molecule has 7 nitrogen and oxygen atoms in total. The second kappa shape index (κ2) is 9.23. The Morgan fingerprint density at radius 3 is 2.89 bits per heavy atom. The maximum absolute atomic E-state index is 11.2. The van der Waals surface area contributed by atoms with Gasteiger partial charge in [-0.15, -0.1) is 0 Å². The standard InChI is InChI=1S/C12H19N3O4/c1-17-8-9-19-7-3-5-13-10-4-6-14-11(15-10)12(16)18-2/h4,6H,3,5,7-9H2,1-2H3,(H,13,14,15). The van der Waals surface area contributed by atoms with Crippen molar-refractivity contribution in [2.45, 2.75) is 6.42 Å². The lowest BCUT2D eigenvalue weighted by atomic mass is 10.4. The third-order valence-corrected chi connectivity index (χ3v) is 2.23. The Morgan fingerprint density at radius 2 is 2.16 bits per heavy atom. The van der Waals surface area contributed by atoms with E-state index in [9.17, 15) is 4.79 Å². The second-order valence-electron chi connectivity index (χ2n) is 3.64. The maximum atomic E-state index is 11.2. The molecule has 0 radical (unpaired) electrons. The number of hydrogen-bond donors (Lipinski definition) is 1. The summed E-state index contributed by atoms with van der Waals surface area (Å²) in [6, 6.07) is 1.69. The van der Waals surface area contributed by atoms with Crippen LogP contribution in [0.4, 0.5) is 5.82 Å². The zero-order valence-electron chi connectivity index (χ0n) is 11.2. The third-order valence-electron chi connectivity index (χ3n) is 2.23. The molecule has 0 aliphatic heterocycles. The van der Waals surface area contributed by atoms with Gasteiger partial charge in [0.1, 0.15) is 5.82 Å². The maximum Gasteiger partial charge on any atom is 0.376 e. The van der Waals surface area contributed by atoms with E-state index >= 15 is 0 Å². The van der Waals surface area contributed by atoms with Crippen LogP contribution in [0.3, 0.4) is 0 Å². The highest BCUT2D eigenvalue weighted by molar-refractivity contribution is 5.85. The number of carbonyl (C=O) groups is 1. The van der Waals surface area contributed by atoms with Gasteiger partial charge in [-0.1, -0.05) is 0 Å². The van der Waals surface area contributed by atoms with E-state index in [0.29, 0.717) is 32.2 Å². The normalized spacial score (nSPS) is 10.2. The number of nitrogens with one attached hydrogen (secondary N) is 1. The van der Waals surface area contributed by atoms with E-state index in [1.807, 2.05) is 0 Å². The van der Waals surface area contributed by atoms with Crippen molar-refractivity contribution in [1.29, 1.82) is 0 Å². The lowest BCUT2D eigenvalue weighted by Crippen LogP contribution is -2.12. The van der Waals surface area contributed by atoms with E-state index in [1.54, 1.807) is 13.2 Å². The second-order valence-corrected chi connectivity index (χ2v) is 3.64. The Balaban J connectivity index is 2.24. The highest BCUT2D eigenvalue weighted by atomic mass is 16.5. The van der Waals surface area contributed by atoms with Crippen LogP contribution in [-0.2, 0) is 14.2 Å². The number of ether oxygens (including phenoxy) is 3. The van der Waals surface area contributed by atoms with Gasteiger partial charge in [0, 0.05) is 26.5 Å². The van der Waals surface area contributed by atoms with Crippen LogP contribution < -0.4 is 5.32 Å². The van der Waals surface area contributed by atoms with Crippen LogP contribution in [0.1, 0.15) is 17.0 Å². The van der Waals surface area contributed by atoms with Crippen LogP contribution >= 0.6 is 0 Å². The van der Waals surface area contributed by atoms with E-state index in [1.165, 1.54) is 13.3 Å². The molecule has 0 amide bonds. The predicted molar refractivity (Wildman–Crippen MR) is 69.2 cm³/mol. The number of rotatable bonds is 9. The van der Waals surface area contributed by atoms with Crippen LogP contribution in [0.5, 0.6) is 0 Å². The Kier molecular flexibility index (Phi) is 7.45. The average Bonchev–Trinajstić information content (AvgIpc) is 2.46. The minimum absolute atomic E-state index is 0.0452. The third kappa shape index (κ3) is 6.12. The first kappa shape index (κ1) is 15.3. The minimum Gasteiger partial charge on any atom is -0.463 e. The van der Waals surface area contributed by atoms with Gasteiger partial charge in [-0.3, -0.25) is 0 Å². The molecule has 19 heavy (non-hydrogen) atoms. The first-order valence-corrected chi connectivity index (χ1v) is 6.00. The summed E-state index contributed by atoms with van der Waals surface area (Å²) in [5.74, 6) is 0.0858. The molecule has 0 aliphatic rings. The minimum atomic E-state index is -0.549. The van der Waals surface area contributed by atoms with Crippen molar-refractivity contribution in [2.24, 2.45) is 0 Å². The van der Waals surface area contributed by atoms with Gasteiger partial charge in [-0.2, -0.15) is 0 Å². The van der Waals surface area contributed by atoms with Gasteiger partial charge in [0.15, 0.2) is 0 Å². The molecule has 0 unspecified atom stereocenters. The zero-order valence-corrected chi connectivity index (χ0v) is 11.2. The molecule has 1 heterocycles. The zero-order chi connectivity index (χ0) is 13.9. The molecule has 1 aromatic rings. The van der Waals surface area contributed by atoms with Gasteiger partial charge < -0.3 is 19.5 Å². The van der Waals surface area contributed by atoms with Crippen LogP contribution in [0.15, 0.2) is 12.3 Å². The van der Waals surface area contributed by atoms with Crippen molar-refractivity contribution in [3.63, 3.8) is 0 Å². The summed E-state index contributed by atoms with van der Waals surface area (Å²) in [6.07, 6.45) is 2.35. The molecule has 0 saturated carbocycles. The smallest absolute Gasteiger partial charge is 0.376 e. The monoisotopic (exact) mass is 269 g/mol. The van der Waals surface area contributed by atoms with Crippen molar-refractivity contribution in [1.82, 2.24) is 9.97 Å². The first-order valence-electron chi connectivity index (χ1n) is 6.00. The van der Waals surface area contributed by atoms with Gasteiger partial charge >= 0.3 is 5.97 Å². The Morgan fingerprint density at radius 1 is 1.32 bits per heavy atom. The summed E-state index contributed by atoms with van der Waals surface area (Å²) in [5, 5.41) is 3.08. The molecule has 1 N–H and O–H groups in total. The van der Waals surface area contributed by atoms with Crippen molar-refractivity contribution in [3.8, 4) is 0 Å². The fourth-order valence-electron chi connectivity index (χ4n) is 1.28. The topological polar surface area (TPSA) is 82.6 Å². The van der Waals surface area contributed by atoms with Crippen molar-refractivity contribution < 1.29 is 19.0 Å². The fourth-order valence-corrected chi connectivity index (χ4v) is 1.28. The molecule has 0 bridgehead atoms. The van der Waals surface area contributed by atoms with E-state index in [4.69, 9.17) is 9.47 Å². The Bertz CT molecular complexity index is 387. The van der Waals surface area contributed by atoms with Crippen molar-refractivity contribution in [3.05, 3.63) is 18.1 Å². The van der Waals surface area contributed by atoms with Crippen LogP contribution in [0, 0.1) is 0 Å². The molecule has 7 heteroatoms. The Hall–Kier alpha value is -1.73. The van der Waals surface area contributed by atoms with Crippen molar-refractivity contribution in [2.75, 3.05) is 45.9 Å². The summed E-state index contributed by atoms with van der Waals surface area (Å²) < 4.78 is 14.7. The number of methoxy groups -OCH3 is 2. The number of nitrogens with zero attached hydrogens (tertiary/aromatic N) is 2. The number of aromatic nitrogens is 2. The summed E-state index contributed by atoms with van der Waals surface area (Å²) in [5.41, 5.74) is 0. The molecule has 0 aromatic carbocycles. The van der Waals surface area contributed by atoms with E-state index in [0.717, 1.165) is 6.42 Å². The molecule has 0 fully saturated rings. The molecule has 0 atom stereocenters. The largest absolute Gasteiger partial charge is 0.463 e. The van der Waals surface area contributed by atoms with Gasteiger partial charge in [0.25, 0.3) is 0 Å². The van der Waals surface area contributed by atoms with Gasteiger partial charge in [-0.25, -0.2) is 14.8 Å². The molecule has 0 aliphatic carbocycles. The lowest BCUT2D eigenvalue weighted by molar-refractivity contribution is 0.0587. The van der Waals surface area contributed by atoms with Gasteiger partial charge in [0.2, 0.25) is 5.82 Å². The van der Waals surface area contributed by atoms with E-state index in [-0.39, 0.29) is 5.82 Å². The van der Waals surface area contributed by atoms with E-state index in [2.05, 4.69) is 20.0 Å². The first-order chi connectivity index (χ1) is 9.27. The molecule has 1 rings (SSSR count). The Labute approximate surface area is 112 Å².